The first-order chi connectivity index (χ1) is 10.3. The molecule has 1 aromatic heterocycles. The maximum Gasteiger partial charge on any atom is 0.251 e. The largest absolute Gasteiger partial charge is 0.357 e. The van der Waals surface area contributed by atoms with Gasteiger partial charge >= 0.3 is 0 Å². The molecule has 0 aliphatic carbocycles. The summed E-state index contributed by atoms with van der Waals surface area (Å²) in [5.41, 5.74) is 0.646. The second-order valence-electron chi connectivity index (χ2n) is 5.07. The van der Waals surface area contributed by atoms with Crippen LogP contribution in [0, 0.1) is 0 Å². The number of nitrogens with one attached hydrogen (secondary N) is 1. The Kier molecular flexibility index (Phi) is 4.09. The number of anilines is 1. The molecule has 3 rings (SSSR count). The van der Waals surface area contributed by atoms with E-state index in [2.05, 4.69) is 20.2 Å². The molecule has 0 spiro atoms. The van der Waals surface area contributed by atoms with E-state index >= 15 is 0 Å². The van der Waals surface area contributed by atoms with Gasteiger partial charge in [-0.25, -0.2) is 9.97 Å². The maximum atomic E-state index is 12.0. The molecule has 1 saturated heterocycles. The van der Waals surface area contributed by atoms with E-state index in [1.807, 2.05) is 24.3 Å². The number of hydrogen-bond donors (Lipinski definition) is 1. The van der Waals surface area contributed by atoms with Crippen molar-refractivity contribution < 1.29 is 4.79 Å². The Morgan fingerprint density at radius 2 is 1.90 bits per heavy atom. The summed E-state index contributed by atoms with van der Waals surface area (Å²) in [7, 11) is 0. The van der Waals surface area contributed by atoms with Crippen LogP contribution in [-0.2, 0) is 6.54 Å². The van der Waals surface area contributed by atoms with Crippen LogP contribution in [0.25, 0.3) is 0 Å². The van der Waals surface area contributed by atoms with Gasteiger partial charge in [0.15, 0.2) is 0 Å². The Morgan fingerprint density at radius 1 is 1.14 bits per heavy atom. The molecule has 0 bridgehead atoms. The second kappa shape index (κ2) is 6.35. The molecule has 0 atom stereocenters. The standard InChI is InChI=1S/C16H18N4O/c21-16(13-6-2-1-3-7-13)18-12-14-17-9-8-15(19-14)20-10-4-5-11-20/h1-3,6-9H,4-5,10-12H2,(H,18,21). The fraction of sp³-hybridized carbons (Fsp3) is 0.312. The minimum Gasteiger partial charge on any atom is -0.357 e. The molecule has 0 unspecified atom stereocenters. The van der Waals surface area contributed by atoms with Crippen LogP contribution in [-0.4, -0.2) is 29.0 Å². The smallest absolute Gasteiger partial charge is 0.251 e. The van der Waals surface area contributed by atoms with E-state index in [4.69, 9.17) is 0 Å². The van der Waals surface area contributed by atoms with E-state index < -0.39 is 0 Å². The van der Waals surface area contributed by atoms with Crippen molar-refractivity contribution in [1.82, 2.24) is 15.3 Å². The SMILES string of the molecule is O=C(NCc1nccc(N2CCCC2)n1)c1ccccc1. The van der Waals surface area contributed by atoms with Gasteiger partial charge in [0.2, 0.25) is 0 Å². The van der Waals surface area contributed by atoms with Crippen molar-refractivity contribution in [3.05, 3.63) is 54.0 Å². The molecule has 0 radical (unpaired) electrons. The zero-order valence-electron chi connectivity index (χ0n) is 11.8. The Labute approximate surface area is 124 Å². The first-order valence-electron chi connectivity index (χ1n) is 7.23. The quantitative estimate of drug-likeness (QED) is 0.932. The van der Waals surface area contributed by atoms with Gasteiger partial charge in [0.1, 0.15) is 11.6 Å². The zero-order chi connectivity index (χ0) is 14.5. The molecular formula is C16H18N4O. The van der Waals surface area contributed by atoms with Gasteiger partial charge in [-0.15, -0.1) is 0 Å². The molecule has 2 heterocycles. The number of benzene rings is 1. The second-order valence-corrected chi connectivity index (χ2v) is 5.07. The van der Waals surface area contributed by atoms with Crippen LogP contribution in [0.1, 0.15) is 29.0 Å². The van der Waals surface area contributed by atoms with Gasteiger partial charge in [0.05, 0.1) is 6.54 Å². The predicted molar refractivity (Wildman–Crippen MR) is 81.1 cm³/mol. The van der Waals surface area contributed by atoms with Crippen LogP contribution in [0.5, 0.6) is 0 Å². The van der Waals surface area contributed by atoms with Gasteiger partial charge in [0, 0.05) is 24.8 Å². The van der Waals surface area contributed by atoms with E-state index in [0.717, 1.165) is 18.9 Å². The monoisotopic (exact) mass is 282 g/mol. The van der Waals surface area contributed by atoms with Crippen LogP contribution < -0.4 is 10.2 Å². The van der Waals surface area contributed by atoms with Crippen LogP contribution in [0.3, 0.4) is 0 Å². The van der Waals surface area contributed by atoms with Crippen LogP contribution in [0.15, 0.2) is 42.6 Å². The van der Waals surface area contributed by atoms with Crippen molar-refractivity contribution in [3.8, 4) is 0 Å². The molecule has 1 fully saturated rings. The third-order valence-electron chi connectivity index (χ3n) is 3.56. The average Bonchev–Trinajstić information content (AvgIpc) is 3.08. The average molecular weight is 282 g/mol. The Bertz CT molecular complexity index is 609. The highest BCUT2D eigenvalue weighted by molar-refractivity contribution is 5.93. The van der Waals surface area contributed by atoms with Crippen LogP contribution in [0.2, 0.25) is 0 Å². The van der Waals surface area contributed by atoms with E-state index in [1.54, 1.807) is 18.3 Å². The Balaban J connectivity index is 1.63. The van der Waals surface area contributed by atoms with Gasteiger partial charge in [-0.1, -0.05) is 18.2 Å². The van der Waals surface area contributed by atoms with Gasteiger partial charge in [0.25, 0.3) is 5.91 Å². The van der Waals surface area contributed by atoms with Gasteiger partial charge in [-0.05, 0) is 31.0 Å². The molecule has 1 aromatic carbocycles. The fourth-order valence-corrected chi connectivity index (χ4v) is 2.45. The number of nitrogens with zero attached hydrogens (tertiary/aromatic N) is 3. The highest BCUT2D eigenvalue weighted by Gasteiger charge is 2.14. The van der Waals surface area contributed by atoms with Crippen molar-refractivity contribution in [2.24, 2.45) is 0 Å². The molecule has 0 saturated carbocycles. The van der Waals surface area contributed by atoms with Gasteiger partial charge in [-0.2, -0.15) is 0 Å². The summed E-state index contributed by atoms with van der Waals surface area (Å²) < 4.78 is 0. The van der Waals surface area contributed by atoms with E-state index in [0.29, 0.717) is 17.9 Å². The summed E-state index contributed by atoms with van der Waals surface area (Å²) in [5, 5.41) is 2.85. The highest BCUT2D eigenvalue weighted by atomic mass is 16.1. The third kappa shape index (κ3) is 3.37. The van der Waals surface area contributed by atoms with E-state index in [9.17, 15) is 4.79 Å². The molecule has 21 heavy (non-hydrogen) atoms. The molecular weight excluding hydrogens is 264 g/mol. The number of rotatable bonds is 4. The summed E-state index contributed by atoms with van der Waals surface area (Å²) in [6.07, 6.45) is 4.18. The molecule has 1 N–H and O–H groups in total. The fourth-order valence-electron chi connectivity index (χ4n) is 2.45. The number of amides is 1. The molecule has 5 heteroatoms. The first-order valence-corrected chi connectivity index (χ1v) is 7.23. The molecule has 2 aromatic rings. The summed E-state index contributed by atoms with van der Waals surface area (Å²) in [6.45, 7) is 2.44. The zero-order valence-corrected chi connectivity index (χ0v) is 11.8. The highest BCUT2D eigenvalue weighted by Crippen LogP contribution is 2.16. The predicted octanol–water partition coefficient (Wildman–Crippen LogP) is 2.01. The lowest BCUT2D eigenvalue weighted by atomic mass is 10.2. The number of aromatic nitrogens is 2. The topological polar surface area (TPSA) is 58.1 Å². The molecule has 5 nitrogen and oxygen atoms in total. The van der Waals surface area contributed by atoms with E-state index in [-0.39, 0.29) is 5.91 Å². The molecule has 1 amide bonds. The van der Waals surface area contributed by atoms with Crippen molar-refractivity contribution in [2.45, 2.75) is 19.4 Å². The van der Waals surface area contributed by atoms with Crippen molar-refractivity contribution in [1.29, 1.82) is 0 Å². The number of carbonyl (C=O) groups excluding carboxylic acids is 1. The minimum absolute atomic E-state index is 0.106. The minimum atomic E-state index is -0.106. The summed E-state index contributed by atoms with van der Waals surface area (Å²) >= 11 is 0. The summed E-state index contributed by atoms with van der Waals surface area (Å²) in [4.78, 5) is 23.0. The molecule has 108 valence electrons. The van der Waals surface area contributed by atoms with Crippen molar-refractivity contribution in [3.63, 3.8) is 0 Å². The number of carbonyl (C=O) groups is 1. The normalized spacial score (nSPS) is 14.2. The van der Waals surface area contributed by atoms with Crippen LogP contribution >= 0.6 is 0 Å². The Hall–Kier alpha value is -2.43. The molecule has 1 aliphatic heterocycles. The van der Waals surface area contributed by atoms with Crippen molar-refractivity contribution in [2.75, 3.05) is 18.0 Å². The lowest BCUT2D eigenvalue weighted by Crippen LogP contribution is -2.25. The Morgan fingerprint density at radius 3 is 2.67 bits per heavy atom. The first kappa shape index (κ1) is 13.5. The maximum absolute atomic E-state index is 12.0. The van der Waals surface area contributed by atoms with Gasteiger partial charge < -0.3 is 10.2 Å². The van der Waals surface area contributed by atoms with Crippen LogP contribution in [0.4, 0.5) is 5.82 Å². The molecule has 1 aliphatic rings. The summed E-state index contributed by atoms with van der Waals surface area (Å²) in [5.74, 6) is 1.49. The van der Waals surface area contributed by atoms with Crippen molar-refractivity contribution >= 4 is 11.7 Å². The summed E-state index contributed by atoms with van der Waals surface area (Å²) in [6, 6.07) is 11.1. The number of hydrogen-bond acceptors (Lipinski definition) is 4. The van der Waals surface area contributed by atoms with E-state index in [1.165, 1.54) is 12.8 Å². The lowest BCUT2D eigenvalue weighted by Gasteiger charge is -2.16. The third-order valence-corrected chi connectivity index (χ3v) is 3.56. The van der Waals surface area contributed by atoms with Gasteiger partial charge in [-0.3, -0.25) is 4.79 Å². The lowest BCUT2D eigenvalue weighted by molar-refractivity contribution is 0.0950.